The maximum Gasteiger partial charge on any atom is 0.249 e. The van der Waals surface area contributed by atoms with Crippen LogP contribution in [0.25, 0.3) is 0 Å². The third kappa shape index (κ3) is 4.68. The van der Waals surface area contributed by atoms with E-state index in [9.17, 15) is 4.79 Å². The van der Waals surface area contributed by atoms with Crippen molar-refractivity contribution in [1.29, 1.82) is 0 Å². The minimum absolute atomic E-state index is 0.258. The van der Waals surface area contributed by atoms with Crippen LogP contribution in [0.4, 0.5) is 0 Å². The van der Waals surface area contributed by atoms with Gasteiger partial charge in [-0.15, -0.1) is 11.8 Å². The monoisotopic (exact) mass is 269 g/mol. The highest BCUT2D eigenvalue weighted by atomic mass is 32.2. The van der Waals surface area contributed by atoms with E-state index in [2.05, 4.69) is 0 Å². The van der Waals surface area contributed by atoms with Crippen LogP contribution >= 0.6 is 11.8 Å². The van der Waals surface area contributed by atoms with Crippen molar-refractivity contribution >= 4 is 17.7 Å². The smallest absolute Gasteiger partial charge is 0.249 e. The van der Waals surface area contributed by atoms with Gasteiger partial charge in [0.25, 0.3) is 0 Å². The number of carbonyl (C=O) groups excluding carboxylic acids is 1. The minimum Gasteiger partial charge on any atom is -0.366 e. The van der Waals surface area contributed by atoms with Crippen molar-refractivity contribution in [2.75, 3.05) is 19.0 Å². The van der Waals surface area contributed by atoms with Gasteiger partial charge < -0.3 is 15.2 Å². The van der Waals surface area contributed by atoms with Crippen molar-refractivity contribution < 1.29 is 14.3 Å². The number of rotatable bonds is 8. The lowest BCUT2D eigenvalue weighted by Gasteiger charge is -2.16. The maximum atomic E-state index is 11.3. The van der Waals surface area contributed by atoms with Gasteiger partial charge in [-0.2, -0.15) is 0 Å². The van der Waals surface area contributed by atoms with Gasteiger partial charge in [-0.05, 0) is 26.0 Å². The number of benzene rings is 1. The second-order valence-corrected chi connectivity index (χ2v) is 4.57. The molecule has 0 aromatic heterocycles. The summed E-state index contributed by atoms with van der Waals surface area (Å²) in [6.07, 6.45) is -0.258. The van der Waals surface area contributed by atoms with Crippen LogP contribution in [0.2, 0.25) is 0 Å². The third-order valence-corrected chi connectivity index (χ3v) is 3.34. The molecule has 0 heterocycles. The van der Waals surface area contributed by atoms with Crippen LogP contribution in [0.5, 0.6) is 0 Å². The average Bonchev–Trinajstić information content (AvgIpc) is 2.36. The molecular formula is C13H19NO3S. The first kappa shape index (κ1) is 15.0. The summed E-state index contributed by atoms with van der Waals surface area (Å²) < 4.78 is 10.9. The number of ether oxygens (including phenoxy) is 2. The van der Waals surface area contributed by atoms with Gasteiger partial charge in [-0.3, -0.25) is 4.79 Å². The Hall–Kier alpha value is -1.04. The van der Waals surface area contributed by atoms with E-state index in [1.165, 1.54) is 11.8 Å². The molecule has 0 atom stereocenters. The Kier molecular flexibility index (Phi) is 6.78. The first-order valence-corrected chi connectivity index (χ1v) is 6.92. The topological polar surface area (TPSA) is 61.5 Å². The molecule has 100 valence electrons. The Balaban J connectivity index is 2.63. The lowest BCUT2D eigenvalue weighted by Crippen LogP contribution is -2.20. The van der Waals surface area contributed by atoms with Crippen LogP contribution in [0.15, 0.2) is 29.2 Å². The lowest BCUT2D eigenvalue weighted by atomic mass is 10.2. The number of thioether (sulfide) groups is 1. The lowest BCUT2D eigenvalue weighted by molar-refractivity contribution is -0.120. The quantitative estimate of drug-likeness (QED) is 0.581. The van der Waals surface area contributed by atoms with E-state index in [1.807, 2.05) is 26.0 Å². The van der Waals surface area contributed by atoms with Gasteiger partial charge in [-0.1, -0.05) is 12.1 Å². The zero-order chi connectivity index (χ0) is 13.4. The molecule has 1 aromatic carbocycles. The van der Waals surface area contributed by atoms with Crippen molar-refractivity contribution in [2.45, 2.75) is 25.0 Å². The van der Waals surface area contributed by atoms with Gasteiger partial charge in [-0.25, -0.2) is 0 Å². The summed E-state index contributed by atoms with van der Waals surface area (Å²) in [5, 5.41) is 0. The molecule has 0 bridgehead atoms. The van der Waals surface area contributed by atoms with Crippen LogP contribution in [0, 0.1) is 0 Å². The highest BCUT2D eigenvalue weighted by Gasteiger charge is 2.12. The van der Waals surface area contributed by atoms with Crippen molar-refractivity contribution in [2.24, 2.45) is 5.73 Å². The van der Waals surface area contributed by atoms with E-state index >= 15 is 0 Å². The molecule has 5 heteroatoms. The summed E-state index contributed by atoms with van der Waals surface area (Å²) in [5.74, 6) is 0.217. The molecule has 0 spiro atoms. The molecule has 1 rings (SSSR count). The highest BCUT2D eigenvalue weighted by Crippen LogP contribution is 2.23. The van der Waals surface area contributed by atoms with Crippen molar-refractivity contribution in [3.63, 3.8) is 0 Å². The van der Waals surface area contributed by atoms with Gasteiger partial charge in [0, 0.05) is 23.9 Å². The van der Waals surface area contributed by atoms with Gasteiger partial charge in [0.2, 0.25) is 5.91 Å². The number of amides is 1. The van der Waals surface area contributed by atoms with Gasteiger partial charge in [0.15, 0.2) is 6.29 Å². The van der Waals surface area contributed by atoms with E-state index in [1.54, 1.807) is 12.1 Å². The summed E-state index contributed by atoms with van der Waals surface area (Å²) >= 11 is 1.51. The van der Waals surface area contributed by atoms with Gasteiger partial charge >= 0.3 is 0 Å². The number of carbonyl (C=O) groups is 1. The number of hydrogen-bond donors (Lipinski definition) is 1. The fourth-order valence-corrected chi connectivity index (χ4v) is 2.48. The van der Waals surface area contributed by atoms with Crippen LogP contribution in [0.1, 0.15) is 24.2 Å². The zero-order valence-corrected chi connectivity index (χ0v) is 11.5. The second kappa shape index (κ2) is 8.13. The molecule has 0 aliphatic rings. The van der Waals surface area contributed by atoms with Gasteiger partial charge in [0.05, 0.1) is 5.56 Å². The summed E-state index contributed by atoms with van der Waals surface area (Å²) in [7, 11) is 0. The molecule has 0 fully saturated rings. The highest BCUT2D eigenvalue weighted by molar-refractivity contribution is 7.99. The SMILES string of the molecule is CCOC(CSc1ccccc1C(N)=O)OCC. The Morgan fingerprint density at radius 3 is 2.44 bits per heavy atom. The Labute approximate surface area is 112 Å². The van der Waals surface area contributed by atoms with Crippen LogP contribution in [0.3, 0.4) is 0 Å². The minimum atomic E-state index is -0.414. The van der Waals surface area contributed by atoms with Crippen LogP contribution < -0.4 is 5.73 Å². The fraction of sp³-hybridized carbons (Fsp3) is 0.462. The molecule has 18 heavy (non-hydrogen) atoms. The Bertz CT molecular complexity index is 378. The Morgan fingerprint density at radius 1 is 1.28 bits per heavy atom. The van der Waals surface area contributed by atoms with Crippen LogP contribution in [-0.2, 0) is 9.47 Å². The first-order valence-electron chi connectivity index (χ1n) is 5.93. The average molecular weight is 269 g/mol. The molecule has 0 unspecified atom stereocenters. The van der Waals surface area contributed by atoms with Crippen molar-refractivity contribution in [3.05, 3.63) is 29.8 Å². The summed E-state index contributed by atoms with van der Waals surface area (Å²) in [5.41, 5.74) is 5.86. The molecule has 1 aromatic rings. The van der Waals surface area contributed by atoms with E-state index < -0.39 is 5.91 Å². The number of nitrogens with two attached hydrogens (primary N) is 1. The van der Waals surface area contributed by atoms with E-state index in [0.717, 1.165) is 4.90 Å². The first-order chi connectivity index (χ1) is 8.69. The number of hydrogen-bond acceptors (Lipinski definition) is 4. The summed E-state index contributed by atoms with van der Waals surface area (Å²) in [6, 6.07) is 7.28. The van der Waals surface area contributed by atoms with Crippen molar-refractivity contribution in [3.8, 4) is 0 Å². The zero-order valence-electron chi connectivity index (χ0n) is 10.7. The van der Waals surface area contributed by atoms with Crippen molar-refractivity contribution in [1.82, 2.24) is 0 Å². The molecule has 0 saturated carbocycles. The number of primary amides is 1. The molecule has 0 radical (unpaired) electrons. The molecule has 2 N–H and O–H groups in total. The molecule has 0 aliphatic heterocycles. The second-order valence-electron chi connectivity index (χ2n) is 3.51. The Morgan fingerprint density at radius 2 is 1.89 bits per heavy atom. The summed E-state index contributed by atoms with van der Waals surface area (Å²) in [6.45, 7) is 5.05. The fourth-order valence-electron chi connectivity index (χ4n) is 1.47. The predicted molar refractivity (Wildman–Crippen MR) is 72.7 cm³/mol. The molecule has 4 nitrogen and oxygen atoms in total. The molecular weight excluding hydrogens is 250 g/mol. The normalized spacial score (nSPS) is 10.8. The largest absolute Gasteiger partial charge is 0.366 e. The van der Waals surface area contributed by atoms with E-state index in [4.69, 9.17) is 15.2 Å². The van der Waals surface area contributed by atoms with E-state index in [0.29, 0.717) is 24.5 Å². The standard InChI is InChI=1S/C13H19NO3S/c1-3-16-12(17-4-2)9-18-11-8-6-5-7-10(11)13(14)15/h5-8,12H,3-4,9H2,1-2H3,(H2,14,15). The molecule has 1 amide bonds. The van der Waals surface area contributed by atoms with E-state index in [-0.39, 0.29) is 6.29 Å². The molecule has 0 aliphatic carbocycles. The maximum absolute atomic E-state index is 11.3. The molecule has 0 saturated heterocycles. The predicted octanol–water partition coefficient (Wildman–Crippen LogP) is 2.28. The van der Waals surface area contributed by atoms with Crippen LogP contribution in [-0.4, -0.2) is 31.2 Å². The summed E-state index contributed by atoms with van der Waals surface area (Å²) in [4.78, 5) is 12.1. The third-order valence-electron chi connectivity index (χ3n) is 2.23. The van der Waals surface area contributed by atoms with Gasteiger partial charge in [0.1, 0.15) is 0 Å².